The van der Waals surface area contributed by atoms with Crippen molar-refractivity contribution in [3.63, 3.8) is 0 Å². The van der Waals surface area contributed by atoms with Crippen molar-refractivity contribution in [2.45, 2.75) is 17.8 Å². The van der Waals surface area contributed by atoms with Gasteiger partial charge in [0.2, 0.25) is 0 Å². The zero-order valence-electron chi connectivity index (χ0n) is 8.04. The molecule has 74 valence electrons. The molecular weight excluding hydrogens is 194 g/mol. The molecule has 0 amide bonds. The van der Waals surface area contributed by atoms with Crippen molar-refractivity contribution in [2.24, 2.45) is 0 Å². The maximum Gasteiger partial charge on any atom is 0.0606 e. The van der Waals surface area contributed by atoms with Gasteiger partial charge in [-0.05, 0) is 17.5 Å². The summed E-state index contributed by atoms with van der Waals surface area (Å²) in [5.41, 5.74) is 2.62. The molecule has 0 spiro atoms. The van der Waals surface area contributed by atoms with E-state index in [2.05, 4.69) is 30.1 Å². The molecule has 14 heavy (non-hydrogen) atoms. The van der Waals surface area contributed by atoms with Gasteiger partial charge in [-0.15, -0.1) is 18.2 Å². The van der Waals surface area contributed by atoms with E-state index in [1.54, 1.807) is 0 Å². The Labute approximate surface area is 89.8 Å². The number of benzene rings is 1. The van der Waals surface area contributed by atoms with Crippen LogP contribution < -0.4 is 5.32 Å². The van der Waals surface area contributed by atoms with E-state index in [0.717, 1.165) is 13.0 Å². The Morgan fingerprint density at radius 3 is 2.86 bits per heavy atom. The number of rotatable bonds is 3. The van der Waals surface area contributed by atoms with E-state index in [4.69, 9.17) is 11.6 Å². The first-order valence-electron chi connectivity index (χ1n) is 4.90. The van der Waals surface area contributed by atoms with Gasteiger partial charge in [0.1, 0.15) is 0 Å². The van der Waals surface area contributed by atoms with E-state index in [1.165, 1.54) is 11.1 Å². The highest BCUT2D eigenvalue weighted by Crippen LogP contribution is 2.42. The lowest BCUT2D eigenvalue weighted by atomic mass is 10.1. The van der Waals surface area contributed by atoms with E-state index in [-0.39, 0.29) is 5.38 Å². The van der Waals surface area contributed by atoms with Crippen molar-refractivity contribution >= 4 is 11.6 Å². The monoisotopic (exact) mass is 207 g/mol. The van der Waals surface area contributed by atoms with Crippen LogP contribution in [-0.2, 0) is 0 Å². The van der Waals surface area contributed by atoms with Crippen LogP contribution in [0.5, 0.6) is 0 Å². The van der Waals surface area contributed by atoms with Gasteiger partial charge < -0.3 is 5.32 Å². The minimum atomic E-state index is 0.161. The second kappa shape index (κ2) is 4.16. The van der Waals surface area contributed by atoms with Crippen molar-refractivity contribution in [3.05, 3.63) is 48.0 Å². The van der Waals surface area contributed by atoms with Crippen LogP contribution in [0.1, 0.15) is 29.0 Å². The van der Waals surface area contributed by atoms with Gasteiger partial charge in [0.25, 0.3) is 0 Å². The molecule has 1 aromatic carbocycles. The Balaban J connectivity index is 2.21. The molecular formula is C12H14ClN. The molecule has 1 aromatic rings. The lowest BCUT2D eigenvalue weighted by Gasteiger charge is -2.11. The summed E-state index contributed by atoms with van der Waals surface area (Å²) < 4.78 is 0. The summed E-state index contributed by atoms with van der Waals surface area (Å²) in [5, 5.41) is 3.58. The second-order valence-corrected chi connectivity index (χ2v) is 4.11. The number of fused-ring (bicyclic) bond motifs is 1. The maximum absolute atomic E-state index is 6.25. The fourth-order valence-electron chi connectivity index (χ4n) is 1.99. The first-order chi connectivity index (χ1) is 6.83. The third-order valence-corrected chi connectivity index (χ3v) is 3.07. The zero-order chi connectivity index (χ0) is 9.97. The van der Waals surface area contributed by atoms with Crippen LogP contribution in [0, 0.1) is 0 Å². The predicted octanol–water partition coefficient (Wildman–Crippen LogP) is 3.19. The SMILES string of the molecule is C=CCNC1CC(Cl)c2ccccc21. The summed E-state index contributed by atoms with van der Waals surface area (Å²) >= 11 is 6.25. The minimum absolute atomic E-state index is 0.161. The van der Waals surface area contributed by atoms with Gasteiger partial charge in [0.05, 0.1) is 5.38 Å². The molecule has 0 aliphatic heterocycles. The summed E-state index contributed by atoms with van der Waals surface area (Å²) in [6.07, 6.45) is 2.86. The summed E-state index contributed by atoms with van der Waals surface area (Å²) in [7, 11) is 0. The third-order valence-electron chi connectivity index (χ3n) is 2.66. The van der Waals surface area contributed by atoms with Crippen molar-refractivity contribution < 1.29 is 0 Å². The molecule has 0 bridgehead atoms. The van der Waals surface area contributed by atoms with E-state index < -0.39 is 0 Å². The van der Waals surface area contributed by atoms with Gasteiger partial charge >= 0.3 is 0 Å². The standard InChI is InChI=1S/C12H14ClN/c1-2-7-14-12-8-11(13)9-5-3-4-6-10(9)12/h2-6,11-12,14H,1,7-8H2. The largest absolute Gasteiger partial charge is 0.306 e. The molecule has 0 radical (unpaired) electrons. The van der Waals surface area contributed by atoms with Crippen LogP contribution in [0.4, 0.5) is 0 Å². The molecule has 2 unspecified atom stereocenters. The molecule has 0 heterocycles. The van der Waals surface area contributed by atoms with Gasteiger partial charge in [-0.1, -0.05) is 30.3 Å². The molecule has 1 aliphatic rings. The molecule has 2 rings (SSSR count). The topological polar surface area (TPSA) is 12.0 Å². The Kier molecular flexibility index (Phi) is 2.90. The van der Waals surface area contributed by atoms with E-state index in [9.17, 15) is 0 Å². The zero-order valence-corrected chi connectivity index (χ0v) is 8.80. The highest BCUT2D eigenvalue weighted by atomic mass is 35.5. The third kappa shape index (κ3) is 1.70. The van der Waals surface area contributed by atoms with Gasteiger partial charge in [-0.2, -0.15) is 0 Å². The van der Waals surface area contributed by atoms with E-state index in [1.807, 2.05) is 12.1 Å². The lowest BCUT2D eigenvalue weighted by molar-refractivity contribution is 0.559. The fraction of sp³-hybridized carbons (Fsp3) is 0.333. The number of hydrogen-bond donors (Lipinski definition) is 1. The normalized spacial score (nSPS) is 24.6. The highest BCUT2D eigenvalue weighted by molar-refractivity contribution is 6.21. The fourth-order valence-corrected chi connectivity index (χ4v) is 2.37. The molecule has 2 heteroatoms. The lowest BCUT2D eigenvalue weighted by Crippen LogP contribution is -2.18. The highest BCUT2D eigenvalue weighted by Gasteiger charge is 2.28. The van der Waals surface area contributed by atoms with Crippen LogP contribution in [0.15, 0.2) is 36.9 Å². The van der Waals surface area contributed by atoms with Crippen LogP contribution in [0.2, 0.25) is 0 Å². The Morgan fingerprint density at radius 1 is 1.43 bits per heavy atom. The van der Waals surface area contributed by atoms with Crippen molar-refractivity contribution in [1.82, 2.24) is 5.32 Å². The number of nitrogens with one attached hydrogen (secondary N) is 1. The molecule has 2 atom stereocenters. The summed E-state index contributed by atoms with van der Waals surface area (Å²) in [6, 6.07) is 8.77. The molecule has 0 aromatic heterocycles. The van der Waals surface area contributed by atoms with Crippen molar-refractivity contribution in [1.29, 1.82) is 0 Å². The molecule has 1 N–H and O–H groups in total. The van der Waals surface area contributed by atoms with Gasteiger partial charge in [-0.25, -0.2) is 0 Å². The Hall–Kier alpha value is -0.790. The predicted molar refractivity (Wildman–Crippen MR) is 60.6 cm³/mol. The minimum Gasteiger partial charge on any atom is -0.306 e. The molecule has 1 nitrogen and oxygen atoms in total. The first-order valence-corrected chi connectivity index (χ1v) is 5.33. The number of alkyl halides is 1. The van der Waals surface area contributed by atoms with E-state index >= 15 is 0 Å². The van der Waals surface area contributed by atoms with Crippen LogP contribution >= 0.6 is 11.6 Å². The van der Waals surface area contributed by atoms with Gasteiger partial charge in [0, 0.05) is 12.6 Å². The van der Waals surface area contributed by atoms with Crippen LogP contribution in [0.3, 0.4) is 0 Å². The summed E-state index contributed by atoms with van der Waals surface area (Å²) in [6.45, 7) is 4.54. The summed E-state index contributed by atoms with van der Waals surface area (Å²) in [5.74, 6) is 0. The smallest absolute Gasteiger partial charge is 0.0606 e. The van der Waals surface area contributed by atoms with E-state index in [0.29, 0.717) is 6.04 Å². The molecule has 0 saturated heterocycles. The second-order valence-electron chi connectivity index (χ2n) is 3.58. The van der Waals surface area contributed by atoms with Crippen molar-refractivity contribution in [3.8, 4) is 0 Å². The molecule has 1 aliphatic carbocycles. The van der Waals surface area contributed by atoms with Gasteiger partial charge in [0.15, 0.2) is 0 Å². The number of hydrogen-bond acceptors (Lipinski definition) is 1. The van der Waals surface area contributed by atoms with Crippen LogP contribution in [-0.4, -0.2) is 6.54 Å². The first kappa shape index (κ1) is 9.75. The number of halogens is 1. The average Bonchev–Trinajstić information content (AvgIpc) is 2.54. The quantitative estimate of drug-likeness (QED) is 0.593. The average molecular weight is 208 g/mol. The Bertz CT molecular complexity index is 335. The molecule has 0 saturated carbocycles. The van der Waals surface area contributed by atoms with Gasteiger partial charge in [-0.3, -0.25) is 0 Å². The molecule has 0 fully saturated rings. The maximum atomic E-state index is 6.25. The summed E-state index contributed by atoms with van der Waals surface area (Å²) in [4.78, 5) is 0. The van der Waals surface area contributed by atoms with Crippen molar-refractivity contribution in [2.75, 3.05) is 6.54 Å². The Morgan fingerprint density at radius 2 is 2.14 bits per heavy atom. The van der Waals surface area contributed by atoms with Crippen LogP contribution in [0.25, 0.3) is 0 Å².